The number of nitrogens with zero attached hydrogens (tertiary/aromatic N) is 3. The van der Waals surface area contributed by atoms with E-state index in [1.165, 1.54) is 0 Å². The molecule has 1 aliphatic rings. The average molecular weight is 450 g/mol. The summed E-state index contributed by atoms with van der Waals surface area (Å²) >= 11 is 6.50. The fourth-order valence-electron chi connectivity index (χ4n) is 3.62. The number of anilines is 1. The van der Waals surface area contributed by atoms with Gasteiger partial charge in [-0.1, -0.05) is 23.7 Å². The van der Waals surface area contributed by atoms with Gasteiger partial charge in [-0.25, -0.2) is 23.1 Å². The highest BCUT2D eigenvalue weighted by Crippen LogP contribution is 2.30. The smallest absolute Gasteiger partial charge is 0.208 e. The minimum Gasteiger partial charge on any atom is -0.378 e. The lowest BCUT2D eigenvalue weighted by atomic mass is 10.1. The summed E-state index contributed by atoms with van der Waals surface area (Å²) in [4.78, 5) is 14.6. The lowest BCUT2D eigenvalue weighted by Gasteiger charge is -2.28. The molecule has 1 aliphatic heterocycles. The number of pyridine rings is 1. The first-order valence-electron chi connectivity index (χ1n) is 9.74. The second-order valence-electron chi connectivity index (χ2n) is 7.51. The zero-order chi connectivity index (χ0) is 21.3. The van der Waals surface area contributed by atoms with Crippen LogP contribution in [-0.4, -0.2) is 62.0 Å². The Morgan fingerprint density at radius 3 is 2.60 bits per heavy atom. The van der Waals surface area contributed by atoms with Gasteiger partial charge in [0.1, 0.15) is 5.82 Å². The standard InChI is InChI=1S/C20H24ClN5O3S/c1-13(25-30(2,27)28)11-18-22-17-12-16(21)19(24-20(17)23-18)14-3-5-15(6-4-14)26-7-9-29-10-8-26/h3-6,12-13,25H,7-11H2,1-2H3,(H,22,23,24). The first-order valence-corrected chi connectivity index (χ1v) is 12.0. The zero-order valence-electron chi connectivity index (χ0n) is 16.9. The van der Waals surface area contributed by atoms with Gasteiger partial charge >= 0.3 is 0 Å². The molecule has 2 aromatic heterocycles. The molecular formula is C20H24ClN5O3S. The number of hydrogen-bond acceptors (Lipinski definition) is 6. The molecule has 160 valence electrons. The number of ether oxygens (including phenoxy) is 1. The van der Waals surface area contributed by atoms with Crippen molar-refractivity contribution in [2.24, 2.45) is 0 Å². The van der Waals surface area contributed by atoms with E-state index in [0.717, 1.165) is 49.3 Å². The van der Waals surface area contributed by atoms with E-state index in [-0.39, 0.29) is 6.04 Å². The van der Waals surface area contributed by atoms with E-state index in [4.69, 9.17) is 16.3 Å². The Labute approximate surface area is 180 Å². The van der Waals surface area contributed by atoms with E-state index in [1.54, 1.807) is 13.0 Å². The van der Waals surface area contributed by atoms with E-state index >= 15 is 0 Å². The van der Waals surface area contributed by atoms with E-state index in [0.29, 0.717) is 28.6 Å². The van der Waals surface area contributed by atoms with Gasteiger partial charge in [0.2, 0.25) is 10.0 Å². The Kier molecular flexibility index (Phi) is 5.97. The monoisotopic (exact) mass is 449 g/mol. The van der Waals surface area contributed by atoms with Crippen LogP contribution >= 0.6 is 11.6 Å². The van der Waals surface area contributed by atoms with Crippen molar-refractivity contribution in [2.75, 3.05) is 37.5 Å². The Morgan fingerprint density at radius 2 is 1.93 bits per heavy atom. The predicted octanol–water partition coefficient (Wildman–Crippen LogP) is 2.60. The molecule has 0 radical (unpaired) electrons. The van der Waals surface area contributed by atoms with Gasteiger partial charge < -0.3 is 14.6 Å². The molecule has 0 amide bonds. The van der Waals surface area contributed by atoms with Crippen molar-refractivity contribution in [1.29, 1.82) is 0 Å². The largest absolute Gasteiger partial charge is 0.378 e. The minimum atomic E-state index is -3.27. The summed E-state index contributed by atoms with van der Waals surface area (Å²) in [5.74, 6) is 0.650. The number of halogens is 1. The Balaban J connectivity index is 1.56. The second kappa shape index (κ2) is 8.50. The molecule has 2 N–H and O–H groups in total. The molecule has 1 fully saturated rings. The van der Waals surface area contributed by atoms with E-state index < -0.39 is 10.0 Å². The molecule has 0 aliphatic carbocycles. The van der Waals surface area contributed by atoms with Crippen molar-refractivity contribution in [1.82, 2.24) is 19.7 Å². The van der Waals surface area contributed by atoms with Crippen LogP contribution in [-0.2, 0) is 21.2 Å². The van der Waals surface area contributed by atoms with Gasteiger partial charge in [-0.2, -0.15) is 0 Å². The summed E-state index contributed by atoms with van der Waals surface area (Å²) in [6.45, 7) is 5.03. The highest BCUT2D eigenvalue weighted by molar-refractivity contribution is 7.88. The maximum atomic E-state index is 11.4. The van der Waals surface area contributed by atoms with Crippen molar-refractivity contribution in [3.8, 4) is 11.3 Å². The van der Waals surface area contributed by atoms with Crippen molar-refractivity contribution >= 4 is 38.5 Å². The van der Waals surface area contributed by atoms with Crippen LogP contribution < -0.4 is 9.62 Å². The van der Waals surface area contributed by atoms with Crippen molar-refractivity contribution in [2.45, 2.75) is 19.4 Å². The molecular weight excluding hydrogens is 426 g/mol. The summed E-state index contributed by atoms with van der Waals surface area (Å²) in [5.41, 5.74) is 3.99. The number of aromatic amines is 1. The molecule has 10 heteroatoms. The van der Waals surface area contributed by atoms with Crippen molar-refractivity contribution in [3.05, 3.63) is 41.2 Å². The highest BCUT2D eigenvalue weighted by Gasteiger charge is 2.16. The molecule has 1 aromatic carbocycles. The number of imidazole rings is 1. The fourth-order valence-corrected chi connectivity index (χ4v) is 4.69. The van der Waals surface area contributed by atoms with E-state index in [9.17, 15) is 8.42 Å². The van der Waals surface area contributed by atoms with Crippen LogP contribution in [0.4, 0.5) is 5.69 Å². The van der Waals surface area contributed by atoms with Crippen LogP contribution in [0.15, 0.2) is 30.3 Å². The zero-order valence-corrected chi connectivity index (χ0v) is 18.4. The topological polar surface area (TPSA) is 100 Å². The van der Waals surface area contributed by atoms with Crippen LogP contribution in [0.3, 0.4) is 0 Å². The van der Waals surface area contributed by atoms with Crippen LogP contribution in [0.5, 0.6) is 0 Å². The van der Waals surface area contributed by atoms with Crippen LogP contribution in [0, 0.1) is 0 Å². The van der Waals surface area contributed by atoms with Crippen LogP contribution in [0.1, 0.15) is 12.7 Å². The van der Waals surface area contributed by atoms with Gasteiger partial charge in [-0.3, -0.25) is 0 Å². The Bertz CT molecular complexity index is 1140. The maximum absolute atomic E-state index is 11.4. The van der Waals surface area contributed by atoms with E-state index in [2.05, 4.69) is 36.7 Å². The Morgan fingerprint density at radius 1 is 1.23 bits per heavy atom. The van der Waals surface area contributed by atoms with Gasteiger partial charge in [0.05, 0.1) is 35.7 Å². The van der Waals surface area contributed by atoms with E-state index in [1.807, 2.05) is 12.1 Å². The van der Waals surface area contributed by atoms with Crippen LogP contribution in [0.2, 0.25) is 5.02 Å². The molecule has 3 heterocycles. The van der Waals surface area contributed by atoms with Crippen LogP contribution in [0.25, 0.3) is 22.4 Å². The summed E-state index contributed by atoms with van der Waals surface area (Å²) in [5, 5.41) is 0.527. The first-order chi connectivity index (χ1) is 14.3. The number of aromatic nitrogens is 3. The number of benzene rings is 1. The lowest BCUT2D eigenvalue weighted by Crippen LogP contribution is -2.36. The SMILES string of the molecule is CC(Cc1nc2nc(-c3ccc(N4CCOCC4)cc3)c(Cl)cc2[nH]1)NS(C)(=O)=O. The number of nitrogens with one attached hydrogen (secondary N) is 2. The number of morpholine rings is 1. The molecule has 0 spiro atoms. The number of H-pyrrole nitrogens is 1. The third-order valence-corrected chi connectivity index (χ3v) is 6.03. The maximum Gasteiger partial charge on any atom is 0.208 e. The third-order valence-electron chi connectivity index (χ3n) is 4.91. The number of hydrogen-bond donors (Lipinski definition) is 2. The van der Waals surface area contributed by atoms with Gasteiger partial charge in [-0.15, -0.1) is 0 Å². The van der Waals surface area contributed by atoms with Gasteiger partial charge in [-0.05, 0) is 25.1 Å². The fraction of sp³-hybridized carbons (Fsp3) is 0.400. The quantitative estimate of drug-likeness (QED) is 0.600. The van der Waals surface area contributed by atoms with Gasteiger partial charge in [0.15, 0.2) is 5.65 Å². The third kappa shape index (κ3) is 4.92. The first kappa shape index (κ1) is 21.0. The molecule has 4 rings (SSSR count). The molecule has 8 nitrogen and oxygen atoms in total. The number of sulfonamides is 1. The van der Waals surface area contributed by atoms with Gasteiger partial charge in [0.25, 0.3) is 0 Å². The normalized spacial score (nSPS) is 16.2. The minimum absolute atomic E-state index is 0.289. The summed E-state index contributed by atoms with van der Waals surface area (Å²) in [6, 6.07) is 9.67. The predicted molar refractivity (Wildman–Crippen MR) is 119 cm³/mol. The molecule has 0 bridgehead atoms. The van der Waals surface area contributed by atoms with Crippen molar-refractivity contribution < 1.29 is 13.2 Å². The number of rotatable bonds is 6. The number of fused-ring (bicyclic) bond motifs is 1. The van der Waals surface area contributed by atoms with Gasteiger partial charge in [0, 0.05) is 36.8 Å². The Hall–Kier alpha value is -2.20. The summed E-state index contributed by atoms with van der Waals surface area (Å²) < 4.78 is 30.7. The lowest BCUT2D eigenvalue weighted by molar-refractivity contribution is 0.122. The molecule has 1 saturated heterocycles. The molecule has 30 heavy (non-hydrogen) atoms. The molecule has 3 aromatic rings. The molecule has 1 atom stereocenters. The highest BCUT2D eigenvalue weighted by atomic mass is 35.5. The molecule has 0 saturated carbocycles. The summed E-state index contributed by atoms with van der Waals surface area (Å²) in [6.07, 6.45) is 1.56. The average Bonchev–Trinajstić information content (AvgIpc) is 3.07. The van der Waals surface area contributed by atoms with Crippen molar-refractivity contribution in [3.63, 3.8) is 0 Å². The second-order valence-corrected chi connectivity index (χ2v) is 9.70. The molecule has 1 unspecified atom stereocenters. The summed E-state index contributed by atoms with van der Waals surface area (Å²) in [7, 11) is -3.27.